The SMILES string of the molecule is Cc1cnc(-c2cc(OC3CNC3)cc(C(=O)N[C@H](C)[n+]3ccc(C(F)(F)F)nc3)c2)s1. The molecule has 3 aromatic rings. The number of carbonyl (C=O) groups excluding carboxylic acids is 1. The lowest BCUT2D eigenvalue weighted by atomic mass is 10.1. The molecule has 1 atom stereocenters. The Hall–Kier alpha value is -3.05. The number of rotatable bonds is 6. The van der Waals surface area contributed by atoms with Crippen LogP contribution >= 0.6 is 11.3 Å². The van der Waals surface area contributed by atoms with Gasteiger partial charge >= 0.3 is 6.18 Å². The van der Waals surface area contributed by atoms with Gasteiger partial charge in [-0.2, -0.15) is 13.2 Å². The Morgan fingerprint density at radius 2 is 2.09 bits per heavy atom. The first kappa shape index (κ1) is 22.2. The van der Waals surface area contributed by atoms with Crippen molar-refractivity contribution in [1.29, 1.82) is 0 Å². The van der Waals surface area contributed by atoms with Crippen LogP contribution < -0.4 is 19.9 Å². The van der Waals surface area contributed by atoms with Crippen LogP contribution in [0.1, 0.15) is 34.0 Å². The van der Waals surface area contributed by atoms with E-state index in [4.69, 9.17) is 4.74 Å². The largest absolute Gasteiger partial charge is 0.488 e. The average Bonchev–Trinajstić information content (AvgIpc) is 3.16. The standard InChI is InChI=1S/C21H20F3N5O2S/c1-12-8-26-20(32-12)15-5-14(6-16(7-15)31-17-9-25-10-17)19(30)28-13(2)29-4-3-18(27-11-29)21(22,23)24/h3-8,11,13,17,25H,9-10H2,1-2H3/p+1/t13-/m0/s1. The maximum atomic E-state index is 13.0. The summed E-state index contributed by atoms with van der Waals surface area (Å²) in [6, 6.07) is 6.10. The Balaban J connectivity index is 1.55. The summed E-state index contributed by atoms with van der Waals surface area (Å²) in [5, 5.41) is 6.68. The number of nitrogens with zero attached hydrogens (tertiary/aromatic N) is 3. The van der Waals surface area contributed by atoms with E-state index in [2.05, 4.69) is 20.6 Å². The second kappa shape index (κ2) is 8.83. The first-order chi connectivity index (χ1) is 15.2. The molecule has 2 aromatic heterocycles. The summed E-state index contributed by atoms with van der Waals surface area (Å²) in [4.78, 5) is 21.8. The van der Waals surface area contributed by atoms with Gasteiger partial charge in [-0.3, -0.25) is 4.79 Å². The van der Waals surface area contributed by atoms with E-state index in [0.717, 1.165) is 40.9 Å². The summed E-state index contributed by atoms with van der Waals surface area (Å²) in [5.41, 5.74) is 0.130. The molecule has 11 heteroatoms. The Morgan fingerprint density at radius 3 is 2.66 bits per heavy atom. The fraction of sp³-hybridized carbons (Fsp3) is 0.333. The normalized spacial score (nSPS) is 15.2. The smallest absolute Gasteiger partial charge is 0.458 e. The molecule has 0 spiro atoms. The van der Waals surface area contributed by atoms with Crippen LogP contribution in [0.25, 0.3) is 10.6 Å². The van der Waals surface area contributed by atoms with Crippen molar-refractivity contribution >= 4 is 17.2 Å². The van der Waals surface area contributed by atoms with E-state index >= 15 is 0 Å². The second-order valence-electron chi connectivity index (χ2n) is 7.46. The minimum Gasteiger partial charge on any atom is -0.488 e. The molecule has 0 aliphatic carbocycles. The molecular weight excluding hydrogens is 443 g/mol. The zero-order valence-corrected chi connectivity index (χ0v) is 18.1. The molecule has 7 nitrogen and oxygen atoms in total. The molecule has 1 saturated heterocycles. The third-order valence-corrected chi connectivity index (χ3v) is 5.86. The van der Waals surface area contributed by atoms with Crippen LogP contribution in [0, 0.1) is 6.92 Å². The molecule has 32 heavy (non-hydrogen) atoms. The van der Waals surface area contributed by atoms with Crippen molar-refractivity contribution < 1.29 is 27.3 Å². The van der Waals surface area contributed by atoms with E-state index in [1.54, 1.807) is 25.3 Å². The second-order valence-corrected chi connectivity index (χ2v) is 8.69. The van der Waals surface area contributed by atoms with Crippen LogP contribution in [-0.2, 0) is 6.18 Å². The van der Waals surface area contributed by atoms with Crippen LogP contribution in [0.2, 0.25) is 0 Å². The molecule has 168 valence electrons. The summed E-state index contributed by atoms with van der Waals surface area (Å²) in [7, 11) is 0. The Kier molecular flexibility index (Phi) is 6.11. The number of aryl methyl sites for hydroxylation is 1. The average molecular weight is 464 g/mol. The van der Waals surface area contributed by atoms with Gasteiger partial charge in [0, 0.05) is 41.4 Å². The molecule has 4 rings (SSSR count). The summed E-state index contributed by atoms with van der Waals surface area (Å²) in [5.74, 6) is 0.167. The van der Waals surface area contributed by atoms with Gasteiger partial charge in [0.25, 0.3) is 17.9 Å². The van der Waals surface area contributed by atoms with E-state index in [0.29, 0.717) is 11.3 Å². The summed E-state index contributed by atoms with van der Waals surface area (Å²) < 4.78 is 45.5. The molecule has 1 amide bonds. The fourth-order valence-electron chi connectivity index (χ4n) is 3.06. The van der Waals surface area contributed by atoms with E-state index < -0.39 is 23.9 Å². The zero-order chi connectivity index (χ0) is 22.9. The van der Waals surface area contributed by atoms with E-state index in [9.17, 15) is 18.0 Å². The number of aromatic nitrogens is 3. The molecule has 1 fully saturated rings. The predicted octanol–water partition coefficient (Wildman–Crippen LogP) is 3.12. The molecule has 1 aliphatic rings. The lowest BCUT2D eigenvalue weighted by Crippen LogP contribution is -2.50. The summed E-state index contributed by atoms with van der Waals surface area (Å²) >= 11 is 1.51. The van der Waals surface area contributed by atoms with Crippen LogP contribution in [0.15, 0.2) is 43.0 Å². The molecule has 0 unspecified atom stereocenters. The number of nitrogens with one attached hydrogen (secondary N) is 2. The van der Waals surface area contributed by atoms with Gasteiger partial charge in [-0.05, 0) is 37.0 Å². The van der Waals surface area contributed by atoms with Crippen molar-refractivity contribution in [1.82, 2.24) is 20.6 Å². The highest BCUT2D eigenvalue weighted by Gasteiger charge is 2.37. The predicted molar refractivity (Wildman–Crippen MR) is 111 cm³/mol. The Morgan fingerprint density at radius 1 is 1.31 bits per heavy atom. The van der Waals surface area contributed by atoms with Gasteiger partial charge in [-0.25, -0.2) is 9.55 Å². The Bertz CT molecular complexity index is 1110. The van der Waals surface area contributed by atoms with Crippen LogP contribution in [-0.4, -0.2) is 35.1 Å². The number of ether oxygens (including phenoxy) is 1. The molecule has 0 bridgehead atoms. The van der Waals surface area contributed by atoms with Crippen LogP contribution in [0.5, 0.6) is 5.75 Å². The van der Waals surface area contributed by atoms with Gasteiger partial charge in [-0.15, -0.1) is 11.3 Å². The van der Waals surface area contributed by atoms with Gasteiger partial charge in [0.15, 0.2) is 6.17 Å². The summed E-state index contributed by atoms with van der Waals surface area (Å²) in [6.07, 6.45) is -1.07. The van der Waals surface area contributed by atoms with Crippen molar-refractivity contribution in [2.24, 2.45) is 0 Å². The van der Waals surface area contributed by atoms with Gasteiger partial charge in [0.2, 0.25) is 0 Å². The number of alkyl halides is 3. The number of carbonyl (C=O) groups is 1. The Labute approximate surface area is 186 Å². The van der Waals surface area contributed by atoms with E-state index in [1.807, 2.05) is 13.0 Å². The fourth-order valence-corrected chi connectivity index (χ4v) is 3.81. The highest BCUT2D eigenvalue weighted by molar-refractivity contribution is 7.14. The van der Waals surface area contributed by atoms with Crippen molar-refractivity contribution in [3.8, 4) is 16.3 Å². The van der Waals surface area contributed by atoms with Crippen molar-refractivity contribution in [3.05, 3.63) is 59.1 Å². The number of benzene rings is 1. The first-order valence-electron chi connectivity index (χ1n) is 9.89. The lowest BCUT2D eigenvalue weighted by Gasteiger charge is -2.28. The topological polar surface area (TPSA) is 80.0 Å². The highest BCUT2D eigenvalue weighted by Crippen LogP contribution is 2.30. The monoisotopic (exact) mass is 464 g/mol. The number of hydrogen-bond acceptors (Lipinski definition) is 6. The maximum absolute atomic E-state index is 13.0. The molecule has 1 aromatic carbocycles. The van der Waals surface area contributed by atoms with Gasteiger partial charge in [-0.1, -0.05) is 0 Å². The molecule has 1 aliphatic heterocycles. The molecule has 0 radical (unpaired) electrons. The van der Waals surface area contributed by atoms with Gasteiger partial charge in [0.1, 0.15) is 16.9 Å². The third-order valence-electron chi connectivity index (χ3n) is 4.90. The molecule has 3 heterocycles. The van der Waals surface area contributed by atoms with Crippen molar-refractivity contribution in [2.45, 2.75) is 32.3 Å². The van der Waals surface area contributed by atoms with Crippen molar-refractivity contribution in [3.63, 3.8) is 0 Å². The van der Waals surface area contributed by atoms with E-state index in [1.165, 1.54) is 22.1 Å². The third kappa shape index (κ3) is 5.05. The maximum Gasteiger partial charge on any atom is 0.458 e. The van der Waals surface area contributed by atoms with Crippen LogP contribution in [0.4, 0.5) is 13.2 Å². The van der Waals surface area contributed by atoms with E-state index in [-0.39, 0.29) is 6.10 Å². The highest BCUT2D eigenvalue weighted by atomic mass is 32.1. The number of hydrogen-bond donors (Lipinski definition) is 2. The van der Waals surface area contributed by atoms with Gasteiger partial charge in [0.05, 0.1) is 6.20 Å². The van der Waals surface area contributed by atoms with Crippen molar-refractivity contribution in [2.75, 3.05) is 13.1 Å². The van der Waals surface area contributed by atoms with Crippen LogP contribution in [0.3, 0.4) is 0 Å². The number of thiazole rings is 1. The minimum atomic E-state index is -4.52. The lowest BCUT2D eigenvalue weighted by molar-refractivity contribution is -0.726. The number of halogens is 3. The quantitative estimate of drug-likeness (QED) is 0.548. The summed E-state index contributed by atoms with van der Waals surface area (Å²) in [6.45, 7) is 5.07. The van der Waals surface area contributed by atoms with Gasteiger partial charge < -0.3 is 15.4 Å². The first-order valence-corrected chi connectivity index (χ1v) is 10.7. The number of amides is 1. The molecule has 2 N–H and O–H groups in total. The molecule has 0 saturated carbocycles. The minimum absolute atomic E-state index is 0.0342. The molecular formula is C21H21F3N5O2S+. The zero-order valence-electron chi connectivity index (χ0n) is 17.3.